The van der Waals surface area contributed by atoms with E-state index < -0.39 is 11.7 Å². The summed E-state index contributed by atoms with van der Waals surface area (Å²) in [5.41, 5.74) is -0.216. The SMILES string of the molecule is FC(F)(F)c1ccc(-c2nn[nH]n2)cc1. The van der Waals surface area contributed by atoms with Crippen LogP contribution in [0.15, 0.2) is 24.3 Å². The number of halogens is 3. The first kappa shape index (κ1) is 9.63. The smallest absolute Gasteiger partial charge is 0.177 e. The number of H-pyrrole nitrogens is 1. The van der Waals surface area contributed by atoms with Crippen LogP contribution < -0.4 is 0 Å². The largest absolute Gasteiger partial charge is 0.416 e. The normalized spacial score (nSPS) is 11.7. The molecule has 0 saturated heterocycles. The third-order valence-electron chi connectivity index (χ3n) is 1.82. The highest BCUT2D eigenvalue weighted by Crippen LogP contribution is 2.30. The van der Waals surface area contributed by atoms with E-state index in [2.05, 4.69) is 20.6 Å². The Morgan fingerprint density at radius 1 is 1.07 bits per heavy atom. The molecule has 0 atom stereocenters. The van der Waals surface area contributed by atoms with Gasteiger partial charge in [0.1, 0.15) is 0 Å². The van der Waals surface area contributed by atoms with Crippen LogP contribution in [0.4, 0.5) is 13.2 Å². The zero-order chi connectivity index (χ0) is 10.9. The van der Waals surface area contributed by atoms with E-state index in [4.69, 9.17) is 0 Å². The molecule has 7 heteroatoms. The number of hydrogen-bond donors (Lipinski definition) is 1. The summed E-state index contributed by atoms with van der Waals surface area (Å²) in [5.74, 6) is 0.267. The Kier molecular flexibility index (Phi) is 2.14. The van der Waals surface area contributed by atoms with Crippen molar-refractivity contribution in [3.8, 4) is 11.4 Å². The highest BCUT2D eigenvalue weighted by Gasteiger charge is 2.30. The molecule has 1 aromatic carbocycles. The van der Waals surface area contributed by atoms with Gasteiger partial charge in [0, 0.05) is 5.56 Å². The first-order chi connectivity index (χ1) is 7.07. The van der Waals surface area contributed by atoms with Crippen molar-refractivity contribution in [2.45, 2.75) is 6.18 Å². The Balaban J connectivity index is 2.33. The molecule has 1 aromatic heterocycles. The second-order valence-corrected chi connectivity index (χ2v) is 2.81. The van der Waals surface area contributed by atoms with Gasteiger partial charge in [0.15, 0.2) is 0 Å². The van der Waals surface area contributed by atoms with Crippen molar-refractivity contribution < 1.29 is 13.2 Å². The average Bonchev–Trinajstić information content (AvgIpc) is 2.69. The van der Waals surface area contributed by atoms with Crippen LogP contribution in [-0.4, -0.2) is 20.6 Å². The lowest BCUT2D eigenvalue weighted by atomic mass is 10.1. The van der Waals surface area contributed by atoms with Crippen LogP contribution in [0, 0.1) is 0 Å². The van der Waals surface area contributed by atoms with Gasteiger partial charge in [-0.15, -0.1) is 10.2 Å². The van der Waals surface area contributed by atoms with E-state index in [0.717, 1.165) is 12.1 Å². The van der Waals surface area contributed by atoms with Crippen LogP contribution in [0.1, 0.15) is 5.56 Å². The summed E-state index contributed by atoms with van der Waals surface area (Å²) in [5, 5.41) is 12.8. The standard InChI is InChI=1S/C8H5F3N4/c9-8(10,11)6-3-1-5(2-4-6)7-12-14-15-13-7/h1-4H,(H,12,13,14,15). The summed E-state index contributed by atoms with van der Waals surface area (Å²) in [6, 6.07) is 4.55. The van der Waals surface area contributed by atoms with E-state index in [1.165, 1.54) is 12.1 Å². The third kappa shape index (κ3) is 1.95. The summed E-state index contributed by atoms with van der Waals surface area (Å²) in [6.07, 6.45) is -4.32. The Bertz CT molecular complexity index is 432. The van der Waals surface area contributed by atoms with Crippen molar-refractivity contribution in [3.05, 3.63) is 29.8 Å². The molecule has 4 nitrogen and oxygen atoms in total. The lowest BCUT2D eigenvalue weighted by Gasteiger charge is -2.05. The first-order valence-corrected chi connectivity index (χ1v) is 3.98. The summed E-state index contributed by atoms with van der Waals surface area (Å²) in [6.45, 7) is 0. The zero-order valence-corrected chi connectivity index (χ0v) is 7.28. The molecule has 0 spiro atoms. The van der Waals surface area contributed by atoms with Crippen LogP contribution in [-0.2, 0) is 6.18 Å². The molecule has 0 amide bonds. The third-order valence-corrected chi connectivity index (χ3v) is 1.82. The van der Waals surface area contributed by atoms with Crippen LogP contribution in [0.5, 0.6) is 0 Å². The van der Waals surface area contributed by atoms with Gasteiger partial charge in [0.25, 0.3) is 0 Å². The van der Waals surface area contributed by atoms with E-state index in [9.17, 15) is 13.2 Å². The molecule has 1 heterocycles. The first-order valence-electron chi connectivity index (χ1n) is 3.98. The molecule has 15 heavy (non-hydrogen) atoms. The predicted molar refractivity (Wildman–Crippen MR) is 44.6 cm³/mol. The summed E-state index contributed by atoms with van der Waals surface area (Å²) in [4.78, 5) is 0. The Morgan fingerprint density at radius 2 is 1.73 bits per heavy atom. The predicted octanol–water partition coefficient (Wildman–Crippen LogP) is 1.89. The van der Waals surface area contributed by atoms with Gasteiger partial charge in [-0.05, 0) is 17.3 Å². The monoisotopic (exact) mass is 214 g/mol. The summed E-state index contributed by atoms with van der Waals surface area (Å²) >= 11 is 0. The fraction of sp³-hybridized carbons (Fsp3) is 0.125. The van der Waals surface area contributed by atoms with Crippen molar-refractivity contribution in [1.29, 1.82) is 0 Å². The Labute approximate surface area is 82.1 Å². The topological polar surface area (TPSA) is 54.5 Å². The van der Waals surface area contributed by atoms with Gasteiger partial charge in [-0.25, -0.2) is 0 Å². The molecule has 0 aliphatic heterocycles. The van der Waals surface area contributed by atoms with Crippen LogP contribution in [0.2, 0.25) is 0 Å². The number of nitrogens with zero attached hydrogens (tertiary/aromatic N) is 3. The van der Waals surface area contributed by atoms with Gasteiger partial charge >= 0.3 is 6.18 Å². The van der Waals surface area contributed by atoms with Crippen molar-refractivity contribution in [2.75, 3.05) is 0 Å². The number of rotatable bonds is 1. The molecular formula is C8H5F3N4. The van der Waals surface area contributed by atoms with E-state index >= 15 is 0 Å². The van der Waals surface area contributed by atoms with Crippen LogP contribution in [0.25, 0.3) is 11.4 Å². The van der Waals surface area contributed by atoms with Crippen molar-refractivity contribution in [2.24, 2.45) is 0 Å². The van der Waals surface area contributed by atoms with Gasteiger partial charge in [0.05, 0.1) is 5.56 Å². The molecule has 0 unspecified atom stereocenters. The molecule has 2 rings (SSSR count). The highest BCUT2D eigenvalue weighted by atomic mass is 19.4. The lowest BCUT2D eigenvalue weighted by molar-refractivity contribution is -0.137. The van der Waals surface area contributed by atoms with Crippen LogP contribution >= 0.6 is 0 Å². The highest BCUT2D eigenvalue weighted by molar-refractivity contribution is 5.54. The van der Waals surface area contributed by atoms with Gasteiger partial charge in [0.2, 0.25) is 5.82 Å². The summed E-state index contributed by atoms with van der Waals surface area (Å²) in [7, 11) is 0. The number of aromatic nitrogens is 4. The van der Waals surface area contributed by atoms with Gasteiger partial charge < -0.3 is 0 Å². The van der Waals surface area contributed by atoms with Crippen LogP contribution in [0.3, 0.4) is 0 Å². The van der Waals surface area contributed by atoms with E-state index in [1.807, 2.05) is 0 Å². The molecule has 0 fully saturated rings. The number of benzene rings is 1. The molecule has 0 aliphatic carbocycles. The van der Waals surface area contributed by atoms with Crippen molar-refractivity contribution >= 4 is 0 Å². The number of alkyl halides is 3. The van der Waals surface area contributed by atoms with E-state index in [0.29, 0.717) is 5.56 Å². The fourth-order valence-electron chi connectivity index (χ4n) is 1.09. The maximum Gasteiger partial charge on any atom is 0.416 e. The molecule has 1 N–H and O–H groups in total. The second-order valence-electron chi connectivity index (χ2n) is 2.81. The number of aromatic amines is 1. The lowest BCUT2D eigenvalue weighted by Crippen LogP contribution is -2.04. The molecule has 0 radical (unpaired) electrons. The molecule has 2 aromatic rings. The minimum absolute atomic E-state index is 0.267. The summed E-state index contributed by atoms with van der Waals surface area (Å²) < 4.78 is 36.6. The number of hydrogen-bond acceptors (Lipinski definition) is 3. The zero-order valence-electron chi connectivity index (χ0n) is 7.28. The Morgan fingerprint density at radius 3 is 2.20 bits per heavy atom. The number of tetrazole rings is 1. The van der Waals surface area contributed by atoms with Gasteiger partial charge in [-0.3, -0.25) is 0 Å². The van der Waals surface area contributed by atoms with Gasteiger partial charge in [-0.2, -0.15) is 18.4 Å². The second kappa shape index (κ2) is 3.34. The maximum absolute atomic E-state index is 12.2. The Hall–Kier alpha value is -1.92. The van der Waals surface area contributed by atoms with Gasteiger partial charge in [-0.1, -0.05) is 12.1 Å². The minimum atomic E-state index is -4.32. The average molecular weight is 214 g/mol. The molecule has 0 bridgehead atoms. The molecule has 78 valence electrons. The molecule has 0 saturated carbocycles. The van der Waals surface area contributed by atoms with E-state index in [1.54, 1.807) is 0 Å². The molecular weight excluding hydrogens is 209 g/mol. The number of nitrogens with one attached hydrogen (secondary N) is 1. The van der Waals surface area contributed by atoms with Crippen molar-refractivity contribution in [3.63, 3.8) is 0 Å². The fourth-order valence-corrected chi connectivity index (χ4v) is 1.09. The molecule has 0 aliphatic rings. The van der Waals surface area contributed by atoms with E-state index in [-0.39, 0.29) is 5.82 Å². The maximum atomic E-state index is 12.2. The minimum Gasteiger partial charge on any atom is -0.177 e. The quantitative estimate of drug-likeness (QED) is 0.788. The van der Waals surface area contributed by atoms with Crippen molar-refractivity contribution in [1.82, 2.24) is 20.6 Å².